The summed E-state index contributed by atoms with van der Waals surface area (Å²) in [6, 6.07) is 17.2. The molecule has 0 bridgehead atoms. The first-order valence-corrected chi connectivity index (χ1v) is 10.3. The van der Waals surface area contributed by atoms with Crippen LogP contribution in [0.25, 0.3) is 0 Å². The number of hydrogen-bond donors (Lipinski definition) is 2. The number of amides is 1. The normalized spacial score (nSPS) is 11.0. The van der Waals surface area contributed by atoms with Crippen LogP contribution in [-0.2, 0) is 14.8 Å². The molecule has 0 aliphatic rings. The van der Waals surface area contributed by atoms with E-state index in [1.54, 1.807) is 42.5 Å². The average molecular weight is 435 g/mol. The van der Waals surface area contributed by atoms with Gasteiger partial charge >= 0.3 is 0 Å². The maximum atomic E-state index is 13.0. The summed E-state index contributed by atoms with van der Waals surface area (Å²) in [5, 5.41) is 3.14. The Bertz CT molecular complexity index is 1100. The summed E-state index contributed by atoms with van der Waals surface area (Å²) < 4.78 is 45.8. The summed E-state index contributed by atoms with van der Waals surface area (Å²) in [5.41, 5.74) is 0.416. The highest BCUT2D eigenvalue weighted by molar-refractivity contribution is 7.92. The maximum absolute atomic E-state index is 13.0. The van der Waals surface area contributed by atoms with Crippen LogP contribution in [0.15, 0.2) is 77.7 Å². The first-order valence-electron chi connectivity index (χ1n) is 8.39. The molecule has 3 aromatic carbocycles. The molecule has 9 heteroatoms. The molecule has 0 heterocycles. The van der Waals surface area contributed by atoms with Gasteiger partial charge in [0.25, 0.3) is 15.9 Å². The molecule has 0 saturated carbocycles. The second kappa shape index (κ2) is 8.93. The molecule has 0 unspecified atom stereocenters. The van der Waals surface area contributed by atoms with Crippen LogP contribution in [-0.4, -0.2) is 20.9 Å². The fourth-order valence-electron chi connectivity index (χ4n) is 2.36. The molecule has 0 spiro atoms. The quantitative estimate of drug-likeness (QED) is 0.580. The van der Waals surface area contributed by atoms with Crippen molar-refractivity contribution in [2.45, 2.75) is 4.90 Å². The van der Waals surface area contributed by atoms with Gasteiger partial charge in [-0.1, -0.05) is 23.7 Å². The van der Waals surface area contributed by atoms with Gasteiger partial charge in [0.2, 0.25) is 0 Å². The van der Waals surface area contributed by atoms with Gasteiger partial charge in [0.1, 0.15) is 11.6 Å². The third-order valence-corrected chi connectivity index (χ3v) is 5.39. The zero-order valence-electron chi connectivity index (χ0n) is 14.9. The Morgan fingerprint density at radius 1 is 0.931 bits per heavy atom. The van der Waals surface area contributed by atoms with E-state index in [-0.39, 0.29) is 22.9 Å². The molecule has 3 rings (SSSR count). The first-order chi connectivity index (χ1) is 13.8. The molecule has 0 aliphatic carbocycles. The van der Waals surface area contributed by atoms with E-state index in [9.17, 15) is 17.6 Å². The van der Waals surface area contributed by atoms with E-state index in [0.29, 0.717) is 10.8 Å². The molecule has 29 heavy (non-hydrogen) atoms. The number of hydrogen-bond acceptors (Lipinski definition) is 4. The van der Waals surface area contributed by atoms with Gasteiger partial charge in [-0.2, -0.15) is 0 Å². The third kappa shape index (κ3) is 5.69. The topological polar surface area (TPSA) is 84.5 Å². The standard InChI is InChI=1S/C20H16ClFN2O4S/c21-14-5-9-16(10-6-14)28-13-20(25)23-18-3-1-2-4-19(18)24-29(26,27)17-11-7-15(22)8-12-17/h1-12,24H,13H2,(H,23,25). The fourth-order valence-corrected chi connectivity index (χ4v) is 3.57. The van der Waals surface area contributed by atoms with Crippen molar-refractivity contribution in [3.63, 3.8) is 0 Å². The van der Waals surface area contributed by atoms with Gasteiger partial charge in [0.15, 0.2) is 6.61 Å². The molecule has 150 valence electrons. The lowest BCUT2D eigenvalue weighted by molar-refractivity contribution is -0.118. The summed E-state index contributed by atoms with van der Waals surface area (Å²) in [7, 11) is -3.96. The van der Waals surface area contributed by atoms with E-state index >= 15 is 0 Å². The van der Waals surface area contributed by atoms with Crippen molar-refractivity contribution < 1.29 is 22.3 Å². The predicted octanol–water partition coefficient (Wildman–Crippen LogP) is 4.30. The number of rotatable bonds is 7. The van der Waals surface area contributed by atoms with Crippen molar-refractivity contribution in [3.8, 4) is 5.75 Å². The Hall–Kier alpha value is -3.10. The van der Waals surface area contributed by atoms with Gasteiger partial charge in [-0.05, 0) is 60.7 Å². The van der Waals surface area contributed by atoms with Crippen LogP contribution in [0.4, 0.5) is 15.8 Å². The fraction of sp³-hybridized carbons (Fsp3) is 0.0500. The molecule has 6 nitrogen and oxygen atoms in total. The Morgan fingerprint density at radius 2 is 1.55 bits per heavy atom. The number of sulfonamides is 1. The van der Waals surface area contributed by atoms with E-state index < -0.39 is 21.7 Å². The van der Waals surface area contributed by atoms with Crippen LogP contribution >= 0.6 is 11.6 Å². The lowest BCUT2D eigenvalue weighted by Gasteiger charge is -2.14. The van der Waals surface area contributed by atoms with Gasteiger partial charge in [-0.3, -0.25) is 9.52 Å². The maximum Gasteiger partial charge on any atom is 0.262 e. The van der Waals surface area contributed by atoms with Gasteiger partial charge in [-0.15, -0.1) is 0 Å². The minimum atomic E-state index is -3.96. The molecule has 0 aliphatic heterocycles. The van der Waals surface area contributed by atoms with Crippen LogP contribution < -0.4 is 14.8 Å². The zero-order chi connectivity index (χ0) is 20.9. The largest absolute Gasteiger partial charge is 0.484 e. The van der Waals surface area contributed by atoms with E-state index in [2.05, 4.69) is 10.0 Å². The number of benzene rings is 3. The molecule has 1 amide bonds. The predicted molar refractivity (Wildman–Crippen MR) is 109 cm³/mol. The minimum absolute atomic E-state index is 0.105. The second-order valence-electron chi connectivity index (χ2n) is 5.90. The lowest BCUT2D eigenvalue weighted by atomic mass is 10.2. The molecule has 0 radical (unpaired) electrons. The van der Waals surface area contributed by atoms with E-state index in [1.165, 1.54) is 6.07 Å². The van der Waals surface area contributed by atoms with Gasteiger partial charge < -0.3 is 10.1 Å². The van der Waals surface area contributed by atoms with Crippen LogP contribution in [0.5, 0.6) is 5.75 Å². The summed E-state index contributed by atoms with van der Waals surface area (Å²) in [5.74, 6) is -0.555. The summed E-state index contributed by atoms with van der Waals surface area (Å²) in [4.78, 5) is 12.1. The smallest absolute Gasteiger partial charge is 0.262 e. The van der Waals surface area contributed by atoms with Gasteiger partial charge in [0.05, 0.1) is 16.3 Å². The highest BCUT2D eigenvalue weighted by Gasteiger charge is 2.17. The van der Waals surface area contributed by atoms with Gasteiger partial charge in [-0.25, -0.2) is 12.8 Å². The number of nitrogens with one attached hydrogen (secondary N) is 2. The third-order valence-electron chi connectivity index (χ3n) is 3.75. The Kier molecular flexibility index (Phi) is 6.36. The van der Waals surface area contributed by atoms with Crippen molar-refractivity contribution in [1.29, 1.82) is 0 Å². The van der Waals surface area contributed by atoms with Crippen molar-refractivity contribution in [2.24, 2.45) is 0 Å². The van der Waals surface area contributed by atoms with Gasteiger partial charge in [0, 0.05) is 5.02 Å². The highest BCUT2D eigenvalue weighted by Crippen LogP contribution is 2.24. The minimum Gasteiger partial charge on any atom is -0.484 e. The van der Waals surface area contributed by atoms with Crippen molar-refractivity contribution in [2.75, 3.05) is 16.6 Å². The molecular weight excluding hydrogens is 419 g/mol. The molecular formula is C20H16ClFN2O4S. The van der Waals surface area contributed by atoms with E-state index in [4.69, 9.17) is 16.3 Å². The number of ether oxygens (including phenoxy) is 1. The van der Waals surface area contributed by atoms with Crippen LogP contribution in [0.3, 0.4) is 0 Å². The number of carbonyl (C=O) groups excluding carboxylic acids is 1. The molecule has 2 N–H and O–H groups in total. The summed E-state index contributed by atoms with van der Waals surface area (Å²) in [6.45, 7) is -0.277. The van der Waals surface area contributed by atoms with Crippen molar-refractivity contribution >= 4 is 38.9 Å². The molecule has 3 aromatic rings. The number of para-hydroxylation sites is 2. The molecule has 0 aromatic heterocycles. The van der Waals surface area contributed by atoms with Crippen molar-refractivity contribution in [1.82, 2.24) is 0 Å². The first kappa shape index (κ1) is 20.6. The Balaban J connectivity index is 1.69. The monoisotopic (exact) mass is 434 g/mol. The second-order valence-corrected chi connectivity index (χ2v) is 8.01. The van der Waals surface area contributed by atoms with Crippen LogP contribution in [0, 0.1) is 5.82 Å². The summed E-state index contributed by atoms with van der Waals surface area (Å²) >= 11 is 5.79. The Labute approximate surface area is 172 Å². The number of carbonyl (C=O) groups is 1. The highest BCUT2D eigenvalue weighted by atomic mass is 35.5. The molecule has 0 fully saturated rings. The van der Waals surface area contributed by atoms with Crippen LogP contribution in [0.2, 0.25) is 5.02 Å². The van der Waals surface area contributed by atoms with E-state index in [0.717, 1.165) is 24.3 Å². The van der Waals surface area contributed by atoms with Crippen LogP contribution in [0.1, 0.15) is 0 Å². The average Bonchev–Trinajstić information content (AvgIpc) is 2.69. The molecule has 0 atom stereocenters. The molecule has 0 saturated heterocycles. The summed E-state index contributed by atoms with van der Waals surface area (Å²) in [6.07, 6.45) is 0. The Morgan fingerprint density at radius 3 is 2.21 bits per heavy atom. The number of anilines is 2. The lowest BCUT2D eigenvalue weighted by Crippen LogP contribution is -2.21. The van der Waals surface area contributed by atoms with E-state index in [1.807, 2.05) is 0 Å². The number of halogens is 2. The zero-order valence-corrected chi connectivity index (χ0v) is 16.5. The SMILES string of the molecule is O=C(COc1ccc(Cl)cc1)Nc1ccccc1NS(=O)(=O)c1ccc(F)cc1. The van der Waals surface area contributed by atoms with Crippen molar-refractivity contribution in [3.05, 3.63) is 83.6 Å².